The number of rotatable bonds is 6. The molecule has 6 heteroatoms. The fourth-order valence-electron chi connectivity index (χ4n) is 2.00. The van der Waals surface area contributed by atoms with E-state index in [4.69, 9.17) is 10.9 Å². The average molecular weight is 297 g/mol. The number of amides is 1. The third-order valence-corrected chi connectivity index (χ3v) is 4.81. The van der Waals surface area contributed by atoms with Crippen LogP contribution >= 0.6 is 11.3 Å². The van der Waals surface area contributed by atoms with Gasteiger partial charge in [0.2, 0.25) is 5.91 Å². The van der Waals surface area contributed by atoms with Crippen LogP contribution in [0.15, 0.2) is 22.7 Å². The Morgan fingerprint density at radius 2 is 2.30 bits per heavy atom. The standard InChI is InChI=1S/C14H23N3O2S/c1-5-14(3,12(15)16-19)13(18)17(4)10(2)9-11-7-6-8-20-11/h6-8,10,19H,5,9H2,1-4H3,(H2,15,16). The van der Waals surface area contributed by atoms with Crippen LogP contribution in [-0.4, -0.2) is 34.9 Å². The predicted molar refractivity (Wildman–Crippen MR) is 82.1 cm³/mol. The average Bonchev–Trinajstić information content (AvgIpc) is 2.96. The van der Waals surface area contributed by atoms with Crippen LogP contribution in [0.25, 0.3) is 0 Å². The molecule has 3 N–H and O–H groups in total. The minimum absolute atomic E-state index is 0.0415. The molecule has 0 fully saturated rings. The van der Waals surface area contributed by atoms with Gasteiger partial charge in [-0.3, -0.25) is 4.79 Å². The number of hydrogen-bond donors (Lipinski definition) is 2. The molecule has 0 radical (unpaired) electrons. The summed E-state index contributed by atoms with van der Waals surface area (Å²) in [6.07, 6.45) is 1.29. The van der Waals surface area contributed by atoms with Crippen molar-refractivity contribution in [1.29, 1.82) is 0 Å². The van der Waals surface area contributed by atoms with E-state index in [1.54, 1.807) is 30.2 Å². The largest absolute Gasteiger partial charge is 0.409 e. The van der Waals surface area contributed by atoms with Gasteiger partial charge in [-0.05, 0) is 31.7 Å². The molecule has 5 nitrogen and oxygen atoms in total. The van der Waals surface area contributed by atoms with Crippen molar-refractivity contribution in [3.8, 4) is 0 Å². The third-order valence-electron chi connectivity index (χ3n) is 3.91. The predicted octanol–water partition coefficient (Wildman–Crippen LogP) is 2.30. The van der Waals surface area contributed by atoms with Crippen molar-refractivity contribution in [2.24, 2.45) is 16.3 Å². The van der Waals surface area contributed by atoms with Crippen LogP contribution in [0, 0.1) is 5.41 Å². The maximum atomic E-state index is 12.6. The maximum absolute atomic E-state index is 12.6. The van der Waals surface area contributed by atoms with Crippen LogP contribution in [-0.2, 0) is 11.2 Å². The molecule has 0 aliphatic carbocycles. The van der Waals surface area contributed by atoms with E-state index in [2.05, 4.69) is 11.2 Å². The van der Waals surface area contributed by atoms with Crippen molar-refractivity contribution in [2.45, 2.75) is 39.7 Å². The highest BCUT2D eigenvalue weighted by atomic mass is 32.1. The Bertz CT molecular complexity index is 473. The van der Waals surface area contributed by atoms with Crippen molar-refractivity contribution < 1.29 is 10.0 Å². The summed E-state index contributed by atoms with van der Waals surface area (Å²) in [4.78, 5) is 15.5. The Morgan fingerprint density at radius 1 is 1.65 bits per heavy atom. The fourth-order valence-corrected chi connectivity index (χ4v) is 2.82. The van der Waals surface area contributed by atoms with Crippen molar-refractivity contribution in [2.75, 3.05) is 7.05 Å². The minimum Gasteiger partial charge on any atom is -0.409 e. The summed E-state index contributed by atoms with van der Waals surface area (Å²) in [7, 11) is 1.76. The highest BCUT2D eigenvalue weighted by molar-refractivity contribution is 7.09. The van der Waals surface area contributed by atoms with Gasteiger partial charge in [0, 0.05) is 24.4 Å². The van der Waals surface area contributed by atoms with Gasteiger partial charge in [0.05, 0.1) is 0 Å². The Kier molecular flexibility index (Phi) is 5.56. The Hall–Kier alpha value is -1.56. The molecule has 0 aliphatic rings. The molecule has 0 bridgehead atoms. The molecule has 2 atom stereocenters. The molecule has 0 saturated heterocycles. The minimum atomic E-state index is -0.965. The molecule has 1 aromatic heterocycles. The lowest BCUT2D eigenvalue weighted by atomic mass is 9.84. The number of nitrogens with zero attached hydrogens (tertiary/aromatic N) is 2. The van der Waals surface area contributed by atoms with Gasteiger partial charge < -0.3 is 15.8 Å². The zero-order valence-corrected chi connectivity index (χ0v) is 13.3. The van der Waals surface area contributed by atoms with Crippen LogP contribution in [0.1, 0.15) is 32.1 Å². The molecular formula is C14H23N3O2S. The molecule has 0 aliphatic heterocycles. The Labute approximate surface area is 124 Å². The monoisotopic (exact) mass is 297 g/mol. The molecule has 0 saturated carbocycles. The zero-order chi connectivity index (χ0) is 15.3. The SMILES string of the molecule is CCC(C)(C(=O)N(C)C(C)Cc1cccs1)/C(N)=N/O. The lowest BCUT2D eigenvalue weighted by molar-refractivity contribution is -0.138. The topological polar surface area (TPSA) is 78.9 Å². The first-order valence-corrected chi connectivity index (χ1v) is 7.52. The second-order valence-corrected chi connectivity index (χ2v) is 6.25. The van der Waals surface area contributed by atoms with E-state index >= 15 is 0 Å². The summed E-state index contributed by atoms with van der Waals surface area (Å²) < 4.78 is 0. The number of likely N-dealkylation sites (N-methyl/N-ethyl adjacent to an activating group) is 1. The molecule has 112 valence electrons. The summed E-state index contributed by atoms with van der Waals surface area (Å²) in [5, 5.41) is 13.9. The zero-order valence-electron chi connectivity index (χ0n) is 12.5. The summed E-state index contributed by atoms with van der Waals surface area (Å²) in [6.45, 7) is 5.56. The summed E-state index contributed by atoms with van der Waals surface area (Å²) in [6, 6.07) is 4.11. The van der Waals surface area contributed by atoms with Crippen LogP contribution in [0.4, 0.5) is 0 Å². The van der Waals surface area contributed by atoms with Gasteiger partial charge in [-0.25, -0.2) is 0 Å². The maximum Gasteiger partial charge on any atom is 0.236 e. The number of thiophene rings is 1. The molecule has 0 spiro atoms. The summed E-state index contributed by atoms with van der Waals surface area (Å²) in [5.74, 6) is -0.167. The number of carbonyl (C=O) groups excluding carboxylic acids is 1. The number of amidine groups is 1. The molecule has 0 aromatic carbocycles. The molecule has 1 rings (SSSR count). The fraction of sp³-hybridized carbons (Fsp3) is 0.571. The van der Waals surface area contributed by atoms with Gasteiger partial charge in [0.25, 0.3) is 0 Å². The second kappa shape index (κ2) is 6.74. The van der Waals surface area contributed by atoms with Gasteiger partial charge >= 0.3 is 0 Å². The molecule has 1 heterocycles. The normalized spacial score (nSPS) is 16.5. The van der Waals surface area contributed by atoms with E-state index in [1.807, 2.05) is 25.3 Å². The van der Waals surface area contributed by atoms with E-state index < -0.39 is 5.41 Å². The van der Waals surface area contributed by atoms with Crippen LogP contribution in [0.5, 0.6) is 0 Å². The van der Waals surface area contributed by atoms with Crippen LogP contribution in [0.2, 0.25) is 0 Å². The van der Waals surface area contributed by atoms with Gasteiger partial charge in [-0.15, -0.1) is 11.3 Å². The van der Waals surface area contributed by atoms with Gasteiger partial charge in [-0.1, -0.05) is 18.1 Å². The number of carbonyl (C=O) groups is 1. The molecule has 1 aromatic rings. The number of nitrogens with two attached hydrogens (primary N) is 1. The Morgan fingerprint density at radius 3 is 2.75 bits per heavy atom. The van der Waals surface area contributed by atoms with Crippen LogP contribution in [0.3, 0.4) is 0 Å². The lowest BCUT2D eigenvalue weighted by Gasteiger charge is -2.34. The van der Waals surface area contributed by atoms with Crippen molar-refractivity contribution in [3.05, 3.63) is 22.4 Å². The third kappa shape index (κ3) is 3.30. The first kappa shape index (κ1) is 16.5. The molecule has 1 amide bonds. The van der Waals surface area contributed by atoms with E-state index in [0.717, 1.165) is 6.42 Å². The van der Waals surface area contributed by atoms with Gasteiger partial charge in [0.1, 0.15) is 5.41 Å². The smallest absolute Gasteiger partial charge is 0.236 e. The molecule has 2 unspecified atom stereocenters. The number of oxime groups is 1. The van der Waals surface area contributed by atoms with E-state index in [0.29, 0.717) is 6.42 Å². The quantitative estimate of drug-likeness (QED) is 0.366. The van der Waals surface area contributed by atoms with E-state index in [9.17, 15) is 4.79 Å². The highest BCUT2D eigenvalue weighted by Crippen LogP contribution is 2.26. The summed E-state index contributed by atoms with van der Waals surface area (Å²) in [5.41, 5.74) is 4.73. The van der Waals surface area contributed by atoms with Crippen molar-refractivity contribution in [1.82, 2.24) is 4.90 Å². The van der Waals surface area contributed by atoms with Crippen molar-refractivity contribution >= 4 is 23.1 Å². The van der Waals surface area contributed by atoms with Gasteiger partial charge in [-0.2, -0.15) is 0 Å². The molecular weight excluding hydrogens is 274 g/mol. The second-order valence-electron chi connectivity index (χ2n) is 5.22. The lowest BCUT2D eigenvalue weighted by Crippen LogP contribution is -2.51. The van der Waals surface area contributed by atoms with Crippen molar-refractivity contribution in [3.63, 3.8) is 0 Å². The van der Waals surface area contributed by atoms with E-state index in [1.165, 1.54) is 4.88 Å². The van der Waals surface area contributed by atoms with Crippen LogP contribution < -0.4 is 5.73 Å². The highest BCUT2D eigenvalue weighted by Gasteiger charge is 2.39. The molecule has 20 heavy (non-hydrogen) atoms. The van der Waals surface area contributed by atoms with E-state index in [-0.39, 0.29) is 17.8 Å². The summed E-state index contributed by atoms with van der Waals surface area (Å²) >= 11 is 1.68. The first-order chi connectivity index (χ1) is 9.36. The first-order valence-electron chi connectivity index (χ1n) is 6.64. The number of hydrogen-bond acceptors (Lipinski definition) is 4. The van der Waals surface area contributed by atoms with Gasteiger partial charge in [0.15, 0.2) is 5.84 Å². The Balaban J connectivity index is 2.84.